The zero-order chi connectivity index (χ0) is 18.9. The van der Waals surface area contributed by atoms with Crippen molar-refractivity contribution >= 4 is 33.3 Å². The molecule has 2 aromatic heterocycles. The second-order valence-corrected chi connectivity index (χ2v) is 8.01. The van der Waals surface area contributed by atoms with Crippen LogP contribution < -0.4 is 10.9 Å². The molecule has 2 aromatic carbocycles. The zero-order valence-corrected chi connectivity index (χ0v) is 16.0. The maximum atomic E-state index is 12.6. The number of rotatable bonds is 4. The van der Waals surface area contributed by atoms with Crippen molar-refractivity contribution in [2.75, 3.05) is 11.9 Å². The topological polar surface area (TPSA) is 58.4 Å². The second kappa shape index (κ2) is 7.22. The highest BCUT2D eigenvalue weighted by molar-refractivity contribution is 7.18. The lowest BCUT2D eigenvalue weighted by atomic mass is 10.0. The fourth-order valence-electron chi connectivity index (χ4n) is 3.66. The summed E-state index contributed by atoms with van der Waals surface area (Å²) in [6, 6.07) is 20.3. The number of nitrogens with one attached hydrogen (secondary N) is 1. The molecule has 0 radical (unpaired) electrons. The van der Waals surface area contributed by atoms with Gasteiger partial charge in [-0.2, -0.15) is 4.98 Å². The van der Waals surface area contributed by atoms with E-state index in [9.17, 15) is 4.79 Å². The molecule has 3 heterocycles. The first-order valence-electron chi connectivity index (χ1n) is 9.30. The monoisotopic (exact) mass is 389 g/mol. The molecule has 0 unspecified atom stereocenters. The van der Waals surface area contributed by atoms with Gasteiger partial charge in [-0.15, -0.1) is 11.3 Å². The van der Waals surface area contributed by atoms with Crippen LogP contribution in [0.5, 0.6) is 0 Å². The van der Waals surface area contributed by atoms with Gasteiger partial charge >= 0.3 is 11.6 Å². The number of para-hydroxylation sites is 1. The summed E-state index contributed by atoms with van der Waals surface area (Å²) in [4.78, 5) is 21.6. The van der Waals surface area contributed by atoms with Gasteiger partial charge in [0.15, 0.2) is 0 Å². The van der Waals surface area contributed by atoms with Crippen LogP contribution in [0.3, 0.4) is 0 Å². The molecular formula is C22H19N3O2S. The summed E-state index contributed by atoms with van der Waals surface area (Å²) in [7, 11) is 0. The van der Waals surface area contributed by atoms with E-state index in [0.717, 1.165) is 42.1 Å². The molecule has 1 N–H and O–H groups in total. The van der Waals surface area contributed by atoms with Crippen LogP contribution in [0.25, 0.3) is 10.2 Å². The zero-order valence-electron chi connectivity index (χ0n) is 15.2. The first-order valence-corrected chi connectivity index (χ1v) is 10.1. The maximum Gasteiger partial charge on any atom is 0.349 e. The van der Waals surface area contributed by atoms with E-state index in [1.165, 1.54) is 10.4 Å². The quantitative estimate of drug-likeness (QED) is 0.555. The molecule has 0 fully saturated rings. The minimum atomic E-state index is -0.308. The molecule has 1 aliphatic heterocycles. The van der Waals surface area contributed by atoms with Crippen molar-refractivity contribution < 1.29 is 4.42 Å². The lowest BCUT2D eigenvalue weighted by molar-refractivity contribution is 0.249. The maximum absolute atomic E-state index is 12.6. The average Bonchev–Trinajstić information content (AvgIpc) is 3.07. The molecule has 5 rings (SSSR count). The first-order chi connectivity index (χ1) is 13.8. The van der Waals surface area contributed by atoms with Crippen molar-refractivity contribution in [2.45, 2.75) is 19.5 Å². The average molecular weight is 389 g/mol. The van der Waals surface area contributed by atoms with Gasteiger partial charge in [0, 0.05) is 30.2 Å². The third-order valence-electron chi connectivity index (χ3n) is 4.99. The molecule has 6 heteroatoms. The number of hydrogen-bond donors (Lipinski definition) is 1. The Morgan fingerprint density at radius 2 is 1.82 bits per heavy atom. The van der Waals surface area contributed by atoms with Crippen molar-refractivity contribution in [1.82, 2.24) is 9.88 Å². The SMILES string of the molecule is O=c1oc(Nc2ccccc2)nc2sc3c(c12)CCN(Cc1ccccc1)C3. The molecule has 0 atom stereocenters. The standard InChI is InChI=1S/C22H19N3O2S/c26-21-19-17-11-12-25(13-15-7-3-1-4-8-15)14-18(17)28-20(19)24-22(27-21)23-16-9-5-2-6-10-16/h1-10H,11-14H2,(H,23,24). The van der Waals surface area contributed by atoms with Crippen LogP contribution in [-0.4, -0.2) is 16.4 Å². The summed E-state index contributed by atoms with van der Waals surface area (Å²) in [5, 5.41) is 3.73. The number of benzene rings is 2. The Morgan fingerprint density at radius 3 is 2.61 bits per heavy atom. The number of fused-ring (bicyclic) bond motifs is 3. The molecule has 4 aromatic rings. The third kappa shape index (κ3) is 3.32. The molecule has 0 aliphatic carbocycles. The summed E-state index contributed by atoms with van der Waals surface area (Å²) in [6.07, 6.45) is 0.847. The number of hydrogen-bond acceptors (Lipinski definition) is 6. The van der Waals surface area contributed by atoms with Crippen LogP contribution >= 0.6 is 11.3 Å². The Kier molecular flexibility index (Phi) is 4.43. The van der Waals surface area contributed by atoms with E-state index in [4.69, 9.17) is 4.42 Å². The van der Waals surface area contributed by atoms with Gasteiger partial charge in [-0.25, -0.2) is 4.79 Å². The molecule has 0 saturated carbocycles. The van der Waals surface area contributed by atoms with Gasteiger partial charge in [0.1, 0.15) is 10.2 Å². The summed E-state index contributed by atoms with van der Waals surface area (Å²) in [6.45, 7) is 2.68. The largest absolute Gasteiger partial charge is 0.388 e. The molecular weight excluding hydrogens is 370 g/mol. The van der Waals surface area contributed by atoms with Crippen molar-refractivity contribution in [3.63, 3.8) is 0 Å². The Hall–Kier alpha value is -2.96. The minimum absolute atomic E-state index is 0.239. The van der Waals surface area contributed by atoms with E-state index < -0.39 is 0 Å². The molecule has 5 nitrogen and oxygen atoms in total. The predicted octanol–water partition coefficient (Wildman–Crippen LogP) is 4.55. The second-order valence-electron chi connectivity index (χ2n) is 6.93. The van der Waals surface area contributed by atoms with Crippen LogP contribution in [0.15, 0.2) is 69.9 Å². The summed E-state index contributed by atoms with van der Waals surface area (Å²) in [5.41, 5.74) is 2.95. The van der Waals surface area contributed by atoms with Crippen LogP contribution in [0.4, 0.5) is 11.7 Å². The van der Waals surface area contributed by atoms with Crippen LogP contribution in [-0.2, 0) is 19.5 Å². The lowest BCUT2D eigenvalue weighted by Gasteiger charge is -2.26. The van der Waals surface area contributed by atoms with E-state index in [1.807, 2.05) is 36.4 Å². The van der Waals surface area contributed by atoms with E-state index in [2.05, 4.69) is 39.5 Å². The van der Waals surface area contributed by atoms with Crippen molar-refractivity contribution in [3.8, 4) is 0 Å². The van der Waals surface area contributed by atoms with Crippen molar-refractivity contribution in [3.05, 3.63) is 87.1 Å². The predicted molar refractivity (Wildman–Crippen MR) is 112 cm³/mol. The Labute approximate surface area is 166 Å². The molecule has 0 bridgehead atoms. The lowest BCUT2D eigenvalue weighted by Crippen LogP contribution is -2.29. The highest BCUT2D eigenvalue weighted by Gasteiger charge is 2.24. The van der Waals surface area contributed by atoms with Crippen LogP contribution in [0.2, 0.25) is 0 Å². The molecule has 140 valence electrons. The molecule has 0 amide bonds. The van der Waals surface area contributed by atoms with Crippen LogP contribution in [0.1, 0.15) is 16.0 Å². The van der Waals surface area contributed by atoms with Crippen LogP contribution in [0, 0.1) is 0 Å². The van der Waals surface area contributed by atoms with Gasteiger partial charge in [0.2, 0.25) is 0 Å². The smallest absolute Gasteiger partial charge is 0.349 e. The highest BCUT2D eigenvalue weighted by Crippen LogP contribution is 2.33. The Bertz CT molecular complexity index is 1170. The fraction of sp³-hybridized carbons (Fsp3) is 0.182. The first kappa shape index (κ1) is 17.2. The highest BCUT2D eigenvalue weighted by atomic mass is 32.1. The fourth-order valence-corrected chi connectivity index (χ4v) is 4.91. The number of nitrogens with zero attached hydrogens (tertiary/aromatic N) is 2. The summed E-state index contributed by atoms with van der Waals surface area (Å²) >= 11 is 1.60. The van der Waals surface area contributed by atoms with E-state index in [0.29, 0.717) is 5.39 Å². The Balaban J connectivity index is 1.43. The van der Waals surface area contributed by atoms with Gasteiger partial charge < -0.3 is 9.73 Å². The number of anilines is 2. The van der Waals surface area contributed by atoms with Gasteiger partial charge in [-0.05, 0) is 29.7 Å². The molecule has 28 heavy (non-hydrogen) atoms. The van der Waals surface area contributed by atoms with Crippen molar-refractivity contribution in [2.24, 2.45) is 0 Å². The molecule has 0 spiro atoms. The number of thiophene rings is 1. The normalized spacial score (nSPS) is 14.1. The molecule has 0 saturated heterocycles. The van der Waals surface area contributed by atoms with Gasteiger partial charge in [0.05, 0.1) is 0 Å². The number of aromatic nitrogens is 1. The van der Waals surface area contributed by atoms with E-state index in [1.54, 1.807) is 11.3 Å². The van der Waals surface area contributed by atoms with Gasteiger partial charge in [-0.3, -0.25) is 4.90 Å². The van der Waals surface area contributed by atoms with Gasteiger partial charge in [-0.1, -0.05) is 48.5 Å². The summed E-state index contributed by atoms with van der Waals surface area (Å²) in [5.74, 6) is 0. The van der Waals surface area contributed by atoms with E-state index in [-0.39, 0.29) is 11.6 Å². The van der Waals surface area contributed by atoms with Crippen molar-refractivity contribution in [1.29, 1.82) is 0 Å². The summed E-state index contributed by atoms with van der Waals surface area (Å²) < 4.78 is 5.46. The van der Waals surface area contributed by atoms with E-state index >= 15 is 0 Å². The third-order valence-corrected chi connectivity index (χ3v) is 6.10. The Morgan fingerprint density at radius 1 is 1.07 bits per heavy atom. The minimum Gasteiger partial charge on any atom is -0.388 e. The van der Waals surface area contributed by atoms with Gasteiger partial charge in [0.25, 0.3) is 0 Å². The molecule has 1 aliphatic rings.